The molecule has 3 nitrogen and oxygen atoms in total. The van der Waals surface area contributed by atoms with Crippen LogP contribution in [-0.4, -0.2) is 28.6 Å². The summed E-state index contributed by atoms with van der Waals surface area (Å²) in [6, 6.07) is 0. The molecule has 0 aliphatic carbocycles. The van der Waals surface area contributed by atoms with Crippen LogP contribution in [0.3, 0.4) is 0 Å². The molecule has 0 aliphatic rings. The van der Waals surface area contributed by atoms with Crippen molar-refractivity contribution in [1.29, 1.82) is 0 Å². The minimum atomic E-state index is -2.50. The van der Waals surface area contributed by atoms with Gasteiger partial charge in [0.1, 0.15) is 0 Å². The van der Waals surface area contributed by atoms with Crippen LogP contribution in [-0.2, 0) is 13.3 Å². The first-order valence-electron chi connectivity index (χ1n) is 12.7. The molecular formula is C25H54O3Si. The van der Waals surface area contributed by atoms with Gasteiger partial charge in [-0.15, -0.1) is 0 Å². The fraction of sp³-hybridized carbons (Fsp3) is 1.00. The van der Waals surface area contributed by atoms with Gasteiger partial charge >= 0.3 is 8.80 Å². The van der Waals surface area contributed by atoms with Crippen LogP contribution >= 0.6 is 0 Å². The van der Waals surface area contributed by atoms with Crippen molar-refractivity contribution in [2.75, 3.05) is 19.8 Å². The van der Waals surface area contributed by atoms with Gasteiger partial charge in [0, 0.05) is 26.4 Å². The summed E-state index contributed by atoms with van der Waals surface area (Å²) >= 11 is 0. The molecule has 0 aromatic rings. The van der Waals surface area contributed by atoms with Gasteiger partial charge in [0.2, 0.25) is 0 Å². The zero-order valence-corrected chi connectivity index (χ0v) is 22.1. The lowest BCUT2D eigenvalue weighted by molar-refractivity contribution is 0.0615. The van der Waals surface area contributed by atoms with Gasteiger partial charge in [-0.2, -0.15) is 0 Å². The fourth-order valence-electron chi connectivity index (χ4n) is 3.39. The summed E-state index contributed by atoms with van der Waals surface area (Å²) in [5, 5.41) is 0. The van der Waals surface area contributed by atoms with Crippen molar-refractivity contribution in [3.05, 3.63) is 0 Å². The quantitative estimate of drug-likeness (QED) is 0.135. The molecule has 0 amide bonds. The maximum atomic E-state index is 6.22. The van der Waals surface area contributed by atoms with E-state index in [0.717, 1.165) is 56.8 Å². The normalized spacial score (nSPS) is 12.6. The fourth-order valence-corrected chi connectivity index (χ4v) is 5.19. The van der Waals surface area contributed by atoms with Gasteiger partial charge in [-0.05, 0) is 37.0 Å². The van der Waals surface area contributed by atoms with Gasteiger partial charge < -0.3 is 13.3 Å². The second kappa shape index (κ2) is 18.8. The summed E-state index contributed by atoms with van der Waals surface area (Å²) in [7, 11) is -2.50. The van der Waals surface area contributed by atoms with Crippen LogP contribution in [0.5, 0.6) is 0 Å². The van der Waals surface area contributed by atoms with Crippen molar-refractivity contribution in [2.24, 2.45) is 17.8 Å². The van der Waals surface area contributed by atoms with E-state index in [-0.39, 0.29) is 0 Å². The van der Waals surface area contributed by atoms with E-state index in [0.29, 0.717) is 0 Å². The van der Waals surface area contributed by atoms with Crippen LogP contribution in [0.2, 0.25) is 6.55 Å². The Bertz CT molecular complexity index is 295. The Hall–Kier alpha value is 0.0969. The van der Waals surface area contributed by atoms with Crippen LogP contribution in [0.15, 0.2) is 0 Å². The van der Waals surface area contributed by atoms with Crippen LogP contribution in [0.25, 0.3) is 0 Å². The van der Waals surface area contributed by atoms with Gasteiger partial charge in [-0.1, -0.05) is 99.3 Å². The highest BCUT2D eigenvalue weighted by atomic mass is 28.4. The summed E-state index contributed by atoms with van der Waals surface area (Å²) < 4.78 is 18.7. The monoisotopic (exact) mass is 430 g/mol. The molecule has 0 saturated carbocycles. The average Bonchev–Trinajstić information content (AvgIpc) is 2.63. The van der Waals surface area contributed by atoms with E-state index in [1.807, 2.05) is 0 Å². The Morgan fingerprint density at radius 1 is 0.448 bits per heavy atom. The number of hydrogen-bond acceptors (Lipinski definition) is 3. The summed E-state index contributed by atoms with van der Waals surface area (Å²) in [5.74, 6) is 2.40. The van der Waals surface area contributed by atoms with Crippen LogP contribution in [0, 0.1) is 17.8 Å². The first-order valence-corrected chi connectivity index (χ1v) is 14.9. The molecule has 0 bridgehead atoms. The number of unbranched alkanes of at least 4 members (excludes halogenated alkanes) is 6. The largest absolute Gasteiger partial charge is 0.497 e. The summed E-state index contributed by atoms with van der Waals surface area (Å²) in [6.45, 7) is 18.2. The second-order valence-corrected chi connectivity index (χ2v) is 12.7. The molecule has 0 heterocycles. The van der Waals surface area contributed by atoms with E-state index < -0.39 is 8.80 Å². The molecule has 176 valence electrons. The average molecular weight is 431 g/mol. The van der Waals surface area contributed by atoms with Gasteiger partial charge in [0.25, 0.3) is 0 Å². The lowest BCUT2D eigenvalue weighted by Crippen LogP contribution is -2.43. The molecule has 0 saturated heterocycles. The minimum absolute atomic E-state index is 0.779. The summed E-state index contributed by atoms with van der Waals surface area (Å²) in [6.07, 6.45) is 14.9. The Balaban J connectivity index is 4.13. The van der Waals surface area contributed by atoms with Crippen molar-refractivity contribution in [2.45, 2.75) is 125 Å². The highest BCUT2D eigenvalue weighted by molar-refractivity contribution is 6.59. The standard InChI is InChI=1S/C25H54O3Si/c1-23(2)17-11-8-14-20-26-29(7,27-21-15-9-12-18-24(3)4)28-22-16-10-13-19-25(5)6/h23-25H,8-22H2,1-7H3. The topological polar surface area (TPSA) is 27.7 Å². The second-order valence-electron chi connectivity index (χ2n) is 10.1. The van der Waals surface area contributed by atoms with Crippen molar-refractivity contribution >= 4 is 8.80 Å². The van der Waals surface area contributed by atoms with Crippen molar-refractivity contribution in [3.63, 3.8) is 0 Å². The Morgan fingerprint density at radius 3 is 0.966 bits per heavy atom. The third-order valence-corrected chi connectivity index (χ3v) is 7.56. The molecule has 0 unspecified atom stereocenters. The molecule has 0 aliphatic heterocycles. The zero-order chi connectivity index (χ0) is 22.0. The predicted octanol–water partition coefficient (Wildman–Crippen LogP) is 8.25. The van der Waals surface area contributed by atoms with E-state index in [1.165, 1.54) is 57.8 Å². The molecule has 0 N–H and O–H groups in total. The molecule has 4 heteroatoms. The highest BCUT2D eigenvalue weighted by Gasteiger charge is 2.34. The molecule has 0 fully saturated rings. The SMILES string of the molecule is CC(C)CCCCCO[Si](C)(OCCCCCC(C)C)OCCCCCC(C)C. The Labute approximate surface area is 185 Å². The Morgan fingerprint density at radius 2 is 0.724 bits per heavy atom. The number of hydrogen-bond donors (Lipinski definition) is 0. The molecule has 0 spiro atoms. The molecule has 29 heavy (non-hydrogen) atoms. The van der Waals surface area contributed by atoms with Crippen LogP contribution in [0.1, 0.15) is 119 Å². The third-order valence-electron chi connectivity index (χ3n) is 5.37. The summed E-state index contributed by atoms with van der Waals surface area (Å²) in [4.78, 5) is 0. The molecule has 0 aromatic carbocycles. The van der Waals surface area contributed by atoms with E-state index in [2.05, 4.69) is 48.1 Å². The van der Waals surface area contributed by atoms with E-state index in [1.54, 1.807) is 0 Å². The van der Waals surface area contributed by atoms with E-state index in [9.17, 15) is 0 Å². The van der Waals surface area contributed by atoms with Crippen LogP contribution in [0.4, 0.5) is 0 Å². The Kier molecular flexibility index (Phi) is 18.9. The highest BCUT2D eigenvalue weighted by Crippen LogP contribution is 2.16. The molecule has 0 aromatic heterocycles. The number of rotatable bonds is 21. The molecule has 0 rings (SSSR count). The van der Waals surface area contributed by atoms with Gasteiger partial charge in [-0.25, -0.2) is 0 Å². The van der Waals surface area contributed by atoms with Crippen molar-refractivity contribution in [1.82, 2.24) is 0 Å². The van der Waals surface area contributed by atoms with Gasteiger partial charge in [-0.3, -0.25) is 0 Å². The van der Waals surface area contributed by atoms with Gasteiger partial charge in [0.15, 0.2) is 0 Å². The minimum Gasteiger partial charge on any atom is -0.374 e. The smallest absolute Gasteiger partial charge is 0.374 e. The van der Waals surface area contributed by atoms with Crippen LogP contribution < -0.4 is 0 Å². The molecule has 0 radical (unpaired) electrons. The van der Waals surface area contributed by atoms with E-state index >= 15 is 0 Å². The predicted molar refractivity (Wildman–Crippen MR) is 129 cm³/mol. The zero-order valence-electron chi connectivity index (χ0n) is 21.1. The molecule has 0 atom stereocenters. The molecular weight excluding hydrogens is 376 g/mol. The third kappa shape index (κ3) is 21.1. The van der Waals surface area contributed by atoms with Crippen molar-refractivity contribution in [3.8, 4) is 0 Å². The van der Waals surface area contributed by atoms with Gasteiger partial charge in [0.05, 0.1) is 0 Å². The lowest BCUT2D eigenvalue weighted by Gasteiger charge is -2.26. The lowest BCUT2D eigenvalue weighted by atomic mass is 10.1. The maximum Gasteiger partial charge on any atom is 0.497 e. The maximum absolute atomic E-state index is 6.22. The first-order chi connectivity index (χ1) is 13.7. The van der Waals surface area contributed by atoms with E-state index in [4.69, 9.17) is 13.3 Å². The summed E-state index contributed by atoms with van der Waals surface area (Å²) in [5.41, 5.74) is 0. The first kappa shape index (κ1) is 29.1. The van der Waals surface area contributed by atoms with Crippen molar-refractivity contribution < 1.29 is 13.3 Å².